The van der Waals surface area contributed by atoms with Crippen LogP contribution in [0.5, 0.6) is 5.75 Å². The quantitative estimate of drug-likeness (QED) is 0.785. The summed E-state index contributed by atoms with van der Waals surface area (Å²) in [4.78, 5) is 17.2. The molecule has 0 spiro atoms. The Morgan fingerprint density at radius 1 is 1.03 bits per heavy atom. The third kappa shape index (κ3) is 4.56. The van der Waals surface area contributed by atoms with E-state index in [0.717, 1.165) is 51.3 Å². The van der Waals surface area contributed by atoms with Crippen LogP contribution in [0.3, 0.4) is 0 Å². The van der Waals surface area contributed by atoms with Crippen LogP contribution in [-0.4, -0.2) is 57.2 Å². The van der Waals surface area contributed by atoms with Crippen molar-refractivity contribution in [2.24, 2.45) is 0 Å². The fraction of sp³-hybridized carbons (Fsp3) is 0.458. The van der Waals surface area contributed by atoms with Crippen molar-refractivity contribution >= 4 is 11.6 Å². The van der Waals surface area contributed by atoms with E-state index in [-0.39, 0.29) is 11.3 Å². The molecule has 1 saturated carbocycles. The summed E-state index contributed by atoms with van der Waals surface area (Å²) in [6, 6.07) is 18.8. The van der Waals surface area contributed by atoms with Gasteiger partial charge in [-0.1, -0.05) is 42.8 Å². The molecule has 0 bridgehead atoms. The van der Waals surface area contributed by atoms with Gasteiger partial charge in [0.05, 0.1) is 13.7 Å². The first-order valence-corrected chi connectivity index (χ1v) is 10.6. The standard InChI is InChI=1S/C24H31N3O2/c1-29-22-10-5-9-21(17-22)27-15-13-26(14-16-27)18-23(28)25-19-24(11-6-12-24)20-7-3-2-4-8-20/h2-5,7-10,17H,6,11-16,18-19H2,1H3,(H,25,28). The molecular weight excluding hydrogens is 362 g/mol. The molecule has 1 amide bonds. The first-order chi connectivity index (χ1) is 14.2. The Morgan fingerprint density at radius 2 is 1.79 bits per heavy atom. The summed E-state index contributed by atoms with van der Waals surface area (Å²) in [6.45, 7) is 4.88. The second-order valence-electron chi connectivity index (χ2n) is 8.24. The summed E-state index contributed by atoms with van der Waals surface area (Å²) in [7, 11) is 1.70. The summed E-state index contributed by atoms with van der Waals surface area (Å²) >= 11 is 0. The molecule has 29 heavy (non-hydrogen) atoms. The van der Waals surface area contributed by atoms with E-state index in [1.807, 2.05) is 12.1 Å². The van der Waals surface area contributed by atoms with E-state index in [9.17, 15) is 4.79 Å². The zero-order chi connectivity index (χ0) is 20.1. The summed E-state index contributed by atoms with van der Waals surface area (Å²) in [5.41, 5.74) is 2.68. The van der Waals surface area contributed by atoms with Crippen molar-refractivity contribution in [2.75, 3.05) is 51.3 Å². The number of rotatable bonds is 7. The number of hydrogen-bond donors (Lipinski definition) is 1. The van der Waals surface area contributed by atoms with Gasteiger partial charge in [-0.3, -0.25) is 9.69 Å². The highest BCUT2D eigenvalue weighted by Crippen LogP contribution is 2.43. The van der Waals surface area contributed by atoms with Crippen molar-refractivity contribution < 1.29 is 9.53 Å². The molecule has 2 aliphatic rings. The van der Waals surface area contributed by atoms with Gasteiger partial charge in [0.25, 0.3) is 0 Å². The number of carbonyl (C=O) groups is 1. The summed E-state index contributed by atoms with van der Waals surface area (Å²) in [5.74, 6) is 1.02. The molecule has 0 aromatic heterocycles. The van der Waals surface area contributed by atoms with Gasteiger partial charge in [-0.15, -0.1) is 0 Å². The predicted octanol–water partition coefficient (Wildman–Crippen LogP) is 3.06. The Bertz CT molecular complexity index is 812. The van der Waals surface area contributed by atoms with Crippen molar-refractivity contribution in [3.05, 3.63) is 60.2 Å². The number of nitrogens with zero attached hydrogens (tertiary/aromatic N) is 2. The lowest BCUT2D eigenvalue weighted by atomic mass is 9.64. The third-order valence-electron chi connectivity index (χ3n) is 6.48. The van der Waals surface area contributed by atoms with E-state index in [4.69, 9.17) is 4.74 Å². The lowest BCUT2D eigenvalue weighted by Crippen LogP contribution is -2.51. The summed E-state index contributed by atoms with van der Waals surface area (Å²) in [5, 5.41) is 3.22. The Hall–Kier alpha value is -2.53. The number of benzene rings is 2. The number of ether oxygens (including phenoxy) is 1. The monoisotopic (exact) mass is 393 g/mol. The number of nitrogens with one attached hydrogen (secondary N) is 1. The minimum Gasteiger partial charge on any atom is -0.497 e. The van der Waals surface area contributed by atoms with Gasteiger partial charge in [0.15, 0.2) is 0 Å². The molecule has 154 valence electrons. The van der Waals surface area contributed by atoms with E-state index in [1.165, 1.54) is 17.7 Å². The minimum atomic E-state index is 0.141. The number of hydrogen-bond acceptors (Lipinski definition) is 4. The lowest BCUT2D eigenvalue weighted by molar-refractivity contribution is -0.122. The number of methoxy groups -OCH3 is 1. The molecule has 2 aromatic carbocycles. The molecule has 1 aliphatic carbocycles. The van der Waals surface area contributed by atoms with Crippen LogP contribution >= 0.6 is 0 Å². The molecule has 2 aromatic rings. The number of anilines is 1. The highest BCUT2D eigenvalue weighted by molar-refractivity contribution is 5.78. The average Bonchev–Trinajstić information content (AvgIpc) is 2.74. The maximum Gasteiger partial charge on any atom is 0.234 e. The normalized spacial score (nSPS) is 18.7. The van der Waals surface area contributed by atoms with Gasteiger partial charge in [0.2, 0.25) is 5.91 Å². The SMILES string of the molecule is COc1cccc(N2CCN(CC(=O)NCC3(c4ccccc4)CCC3)CC2)c1. The third-order valence-corrected chi connectivity index (χ3v) is 6.48. The Morgan fingerprint density at radius 3 is 2.45 bits per heavy atom. The van der Waals surface area contributed by atoms with Gasteiger partial charge in [-0.05, 0) is 30.5 Å². The Balaban J connectivity index is 1.25. The van der Waals surface area contributed by atoms with E-state index in [1.54, 1.807) is 7.11 Å². The van der Waals surface area contributed by atoms with Gasteiger partial charge in [0.1, 0.15) is 5.75 Å². The molecule has 1 aliphatic heterocycles. The maximum atomic E-state index is 12.6. The number of piperazine rings is 1. The van der Waals surface area contributed by atoms with Crippen LogP contribution in [0.25, 0.3) is 0 Å². The molecular formula is C24H31N3O2. The van der Waals surface area contributed by atoms with Crippen LogP contribution in [0.1, 0.15) is 24.8 Å². The van der Waals surface area contributed by atoms with Crippen LogP contribution in [0.4, 0.5) is 5.69 Å². The van der Waals surface area contributed by atoms with Crippen molar-refractivity contribution in [2.45, 2.75) is 24.7 Å². The van der Waals surface area contributed by atoms with Crippen molar-refractivity contribution in [1.29, 1.82) is 0 Å². The van der Waals surface area contributed by atoms with E-state index < -0.39 is 0 Å². The Kier molecular flexibility index (Phi) is 6.05. The first-order valence-electron chi connectivity index (χ1n) is 10.6. The van der Waals surface area contributed by atoms with Gasteiger partial charge >= 0.3 is 0 Å². The van der Waals surface area contributed by atoms with Crippen LogP contribution < -0.4 is 15.0 Å². The van der Waals surface area contributed by atoms with E-state index in [2.05, 4.69) is 57.6 Å². The first kappa shape index (κ1) is 19.8. The molecule has 1 N–H and O–H groups in total. The minimum absolute atomic E-state index is 0.141. The molecule has 1 saturated heterocycles. The van der Waals surface area contributed by atoms with Crippen LogP contribution in [0.2, 0.25) is 0 Å². The molecule has 5 nitrogen and oxygen atoms in total. The second kappa shape index (κ2) is 8.87. The van der Waals surface area contributed by atoms with Gasteiger partial charge in [-0.2, -0.15) is 0 Å². The fourth-order valence-electron chi connectivity index (χ4n) is 4.46. The zero-order valence-corrected chi connectivity index (χ0v) is 17.3. The molecule has 2 fully saturated rings. The molecule has 0 unspecified atom stereocenters. The number of amides is 1. The Labute approximate surface area is 173 Å². The van der Waals surface area contributed by atoms with E-state index >= 15 is 0 Å². The predicted molar refractivity (Wildman–Crippen MR) is 117 cm³/mol. The van der Waals surface area contributed by atoms with E-state index in [0.29, 0.717) is 6.54 Å². The topological polar surface area (TPSA) is 44.8 Å². The van der Waals surface area contributed by atoms with Crippen molar-refractivity contribution in [3.8, 4) is 5.75 Å². The summed E-state index contributed by atoms with van der Waals surface area (Å²) in [6.07, 6.45) is 3.57. The highest BCUT2D eigenvalue weighted by atomic mass is 16.5. The smallest absolute Gasteiger partial charge is 0.234 e. The zero-order valence-electron chi connectivity index (χ0n) is 17.3. The van der Waals surface area contributed by atoms with Gasteiger partial charge in [-0.25, -0.2) is 0 Å². The van der Waals surface area contributed by atoms with Crippen molar-refractivity contribution in [1.82, 2.24) is 10.2 Å². The van der Waals surface area contributed by atoms with Crippen LogP contribution in [-0.2, 0) is 10.2 Å². The van der Waals surface area contributed by atoms with Gasteiger partial charge < -0.3 is 15.0 Å². The van der Waals surface area contributed by atoms with Crippen LogP contribution in [0.15, 0.2) is 54.6 Å². The highest BCUT2D eigenvalue weighted by Gasteiger charge is 2.38. The lowest BCUT2D eigenvalue weighted by Gasteiger charge is -2.43. The number of carbonyl (C=O) groups excluding carboxylic acids is 1. The largest absolute Gasteiger partial charge is 0.497 e. The second-order valence-corrected chi connectivity index (χ2v) is 8.24. The molecule has 0 radical (unpaired) electrons. The molecule has 4 rings (SSSR count). The molecule has 1 heterocycles. The summed E-state index contributed by atoms with van der Waals surface area (Å²) < 4.78 is 5.33. The fourth-order valence-corrected chi connectivity index (χ4v) is 4.46. The van der Waals surface area contributed by atoms with Crippen molar-refractivity contribution in [3.63, 3.8) is 0 Å². The van der Waals surface area contributed by atoms with Gasteiger partial charge in [0, 0.05) is 49.9 Å². The maximum absolute atomic E-state index is 12.6. The average molecular weight is 394 g/mol. The molecule has 0 atom stereocenters. The van der Waals surface area contributed by atoms with Crippen LogP contribution in [0, 0.1) is 0 Å². The molecule has 5 heteroatoms.